The van der Waals surface area contributed by atoms with Crippen LogP contribution in [0.1, 0.15) is 79.8 Å². The van der Waals surface area contributed by atoms with Crippen LogP contribution in [0, 0.1) is 25.5 Å². The summed E-state index contributed by atoms with van der Waals surface area (Å²) < 4.78 is 47.9. The number of hydrogen-bond acceptors (Lipinski definition) is 12. The Hall–Kier alpha value is -7.00. The van der Waals surface area contributed by atoms with E-state index in [1.54, 1.807) is 35.1 Å². The molecule has 19 nitrogen and oxygen atoms in total. The fourth-order valence-corrected chi connectivity index (χ4v) is 6.64. The van der Waals surface area contributed by atoms with Gasteiger partial charge in [0.25, 0.3) is 11.8 Å². The van der Waals surface area contributed by atoms with Gasteiger partial charge in [-0.15, -0.1) is 0 Å². The molecule has 0 spiro atoms. The number of benzene rings is 2. The third kappa shape index (κ3) is 8.97. The number of ether oxygens (including phenoxy) is 2. The summed E-state index contributed by atoms with van der Waals surface area (Å²) in [5, 5.41) is 32.4. The lowest BCUT2D eigenvalue weighted by molar-refractivity contribution is 0.0993. The van der Waals surface area contributed by atoms with Crippen LogP contribution in [0.3, 0.4) is 0 Å². The van der Waals surface area contributed by atoms with Crippen LogP contribution in [0.25, 0.3) is 22.1 Å². The van der Waals surface area contributed by atoms with E-state index in [1.165, 1.54) is 47.5 Å². The Morgan fingerprint density at radius 1 is 0.754 bits per heavy atom. The molecule has 322 valence electrons. The number of rotatable bonds is 20. The lowest BCUT2D eigenvalue weighted by Crippen LogP contribution is -2.21. The quantitative estimate of drug-likeness (QED) is 0.0417. The zero-order valence-corrected chi connectivity index (χ0v) is 33.9. The number of carbonyl (C=O) groups is 4. The smallest absolute Gasteiger partial charge is 0.279 e. The van der Waals surface area contributed by atoms with Crippen LogP contribution in [0.15, 0.2) is 36.4 Å². The fourth-order valence-electron chi connectivity index (χ4n) is 6.64. The zero-order chi connectivity index (χ0) is 44.0. The van der Waals surface area contributed by atoms with E-state index in [0.29, 0.717) is 17.3 Å². The summed E-state index contributed by atoms with van der Waals surface area (Å²) in [5.74, 6) is -3.73. The Morgan fingerprint density at radius 3 is 1.64 bits per heavy atom. The van der Waals surface area contributed by atoms with Gasteiger partial charge in [0.15, 0.2) is 23.0 Å². The van der Waals surface area contributed by atoms with Gasteiger partial charge in [-0.25, -0.2) is 18.7 Å². The van der Waals surface area contributed by atoms with E-state index in [0.717, 1.165) is 0 Å². The van der Waals surface area contributed by atoms with Crippen molar-refractivity contribution in [2.45, 2.75) is 66.7 Å². The van der Waals surface area contributed by atoms with Crippen molar-refractivity contribution in [1.29, 1.82) is 0 Å². The highest BCUT2D eigenvalue weighted by molar-refractivity contribution is 6.05. The van der Waals surface area contributed by atoms with Crippen LogP contribution in [0.5, 0.6) is 11.5 Å². The number of hydrogen-bond donors (Lipinski definition) is 5. The van der Waals surface area contributed by atoms with E-state index >= 15 is 8.78 Å². The van der Waals surface area contributed by atoms with E-state index in [-0.39, 0.29) is 134 Å². The summed E-state index contributed by atoms with van der Waals surface area (Å²) in [6.07, 6.45) is 4.53. The van der Waals surface area contributed by atoms with Gasteiger partial charge in [-0.1, -0.05) is 12.2 Å². The number of imidazole rings is 2. The van der Waals surface area contributed by atoms with Gasteiger partial charge in [0.05, 0.1) is 35.6 Å². The van der Waals surface area contributed by atoms with Crippen molar-refractivity contribution < 1.29 is 47.6 Å². The summed E-state index contributed by atoms with van der Waals surface area (Å²) in [4.78, 5) is 60.7. The zero-order valence-electron chi connectivity index (χ0n) is 33.9. The molecule has 2 aromatic carbocycles. The van der Waals surface area contributed by atoms with Gasteiger partial charge in [-0.05, 0) is 52.0 Å². The number of nitrogens with one attached hydrogen (secondary N) is 2. The molecule has 4 aromatic heterocycles. The van der Waals surface area contributed by atoms with Crippen molar-refractivity contribution >= 4 is 58.0 Å². The molecule has 6 aromatic rings. The van der Waals surface area contributed by atoms with Crippen LogP contribution in [0.2, 0.25) is 0 Å². The van der Waals surface area contributed by atoms with Gasteiger partial charge in [-0.3, -0.25) is 39.2 Å². The molecule has 21 heteroatoms. The Kier molecular flexibility index (Phi) is 13.5. The Bertz CT molecular complexity index is 2660. The second-order valence-corrected chi connectivity index (χ2v) is 13.7. The SMILES string of the molecule is CCn1nc(C)c(F)c1C(=O)Nc1nc2cc(C=O)cc(OCCCO)c2n1C/C=C/Cn1c(NC(=O)c2c(F)c(C)nn2CC)nc2cc(C(N)=O)cc(OCCCO)c21. The number of aldehydes is 1. The number of aromatic nitrogens is 8. The van der Waals surface area contributed by atoms with Crippen LogP contribution < -0.4 is 25.8 Å². The average molecular weight is 846 g/mol. The van der Waals surface area contributed by atoms with E-state index < -0.39 is 29.4 Å². The molecular formula is C40H45F2N11O8. The van der Waals surface area contributed by atoms with E-state index in [1.807, 2.05) is 0 Å². The number of anilines is 2. The predicted molar refractivity (Wildman–Crippen MR) is 218 cm³/mol. The lowest BCUT2D eigenvalue weighted by Gasteiger charge is -2.13. The van der Waals surface area contributed by atoms with Gasteiger partial charge in [0.2, 0.25) is 17.8 Å². The molecule has 6 rings (SSSR count). The molecular weight excluding hydrogens is 801 g/mol. The molecule has 61 heavy (non-hydrogen) atoms. The first-order valence-electron chi connectivity index (χ1n) is 19.4. The highest BCUT2D eigenvalue weighted by Crippen LogP contribution is 2.33. The van der Waals surface area contributed by atoms with Crippen LogP contribution in [0.4, 0.5) is 20.7 Å². The van der Waals surface area contributed by atoms with Gasteiger partial charge >= 0.3 is 0 Å². The minimum Gasteiger partial charge on any atom is -0.491 e. The van der Waals surface area contributed by atoms with Crippen LogP contribution >= 0.6 is 0 Å². The van der Waals surface area contributed by atoms with Crippen LogP contribution in [-0.4, -0.2) is 99.3 Å². The first kappa shape index (κ1) is 43.6. The number of nitrogens with zero attached hydrogens (tertiary/aromatic N) is 8. The molecule has 0 bridgehead atoms. The molecule has 0 unspecified atom stereocenters. The van der Waals surface area contributed by atoms with Gasteiger partial charge in [0, 0.05) is 63.4 Å². The Morgan fingerprint density at radius 2 is 1.21 bits per heavy atom. The van der Waals surface area contributed by atoms with Crippen molar-refractivity contribution in [2.24, 2.45) is 5.73 Å². The molecule has 0 saturated heterocycles. The number of aliphatic hydroxyl groups excluding tert-OH is 2. The van der Waals surface area contributed by atoms with E-state index in [2.05, 4.69) is 30.8 Å². The number of allylic oxidation sites excluding steroid dienone is 2. The van der Waals surface area contributed by atoms with Gasteiger partial charge in [-0.2, -0.15) is 10.2 Å². The molecule has 0 aliphatic carbocycles. The maximum absolute atomic E-state index is 15.2. The molecule has 0 aliphatic heterocycles. The summed E-state index contributed by atoms with van der Waals surface area (Å²) >= 11 is 0. The Labute approximate surface area is 346 Å². The van der Waals surface area contributed by atoms with Crippen molar-refractivity contribution in [2.75, 3.05) is 37.1 Å². The topological polar surface area (TPSA) is 249 Å². The Balaban J connectivity index is 1.44. The second kappa shape index (κ2) is 18.9. The minimum atomic E-state index is -0.844. The summed E-state index contributed by atoms with van der Waals surface area (Å²) in [6, 6.07) is 5.83. The molecule has 0 radical (unpaired) electrons. The van der Waals surface area contributed by atoms with Crippen molar-refractivity contribution in [3.05, 3.63) is 82.0 Å². The standard InChI is InChI=1S/C40H45F2N11O8/c1-5-52-34(30(41)22(3)48-52)37(58)46-39-44-26-17-24(21-56)18-28(60-15-9-13-54)32(26)50(39)11-7-8-12-51-33-27(19-25(36(43)57)20-29(33)61-16-10-14-55)45-40(51)47-38(59)35-31(42)23(4)49-53(35)6-2/h7-8,17-21,54-55H,5-6,9-16H2,1-4H3,(H2,43,57)(H,44,46,58)(H,45,47,59)/b8-7+. The number of fused-ring (bicyclic) bond motifs is 2. The van der Waals surface area contributed by atoms with Crippen molar-refractivity contribution in [3.8, 4) is 11.5 Å². The normalized spacial score (nSPS) is 11.5. The molecule has 0 saturated carbocycles. The van der Waals surface area contributed by atoms with Gasteiger partial charge < -0.3 is 34.6 Å². The molecule has 4 heterocycles. The minimum absolute atomic E-state index is 0.00235. The second-order valence-electron chi connectivity index (χ2n) is 13.7. The molecule has 0 fully saturated rings. The van der Waals surface area contributed by atoms with Gasteiger partial charge in [0.1, 0.15) is 28.8 Å². The highest BCUT2D eigenvalue weighted by Gasteiger charge is 2.27. The molecule has 6 N–H and O–H groups in total. The molecule has 0 atom stereocenters. The first-order valence-corrected chi connectivity index (χ1v) is 19.4. The maximum atomic E-state index is 15.2. The number of amides is 3. The summed E-state index contributed by atoms with van der Waals surface area (Å²) in [6.45, 7) is 6.48. The van der Waals surface area contributed by atoms with Crippen molar-refractivity contribution in [1.82, 2.24) is 38.7 Å². The number of nitrogens with two attached hydrogens (primary N) is 1. The first-order chi connectivity index (χ1) is 29.3. The fraction of sp³-hybridized carbons (Fsp3) is 0.350. The highest BCUT2D eigenvalue weighted by atomic mass is 19.1. The van der Waals surface area contributed by atoms with Crippen molar-refractivity contribution in [3.63, 3.8) is 0 Å². The van der Waals surface area contributed by atoms with E-state index in [4.69, 9.17) is 15.2 Å². The third-order valence-corrected chi connectivity index (χ3v) is 9.51. The maximum Gasteiger partial charge on any atom is 0.279 e. The number of halogens is 2. The van der Waals surface area contributed by atoms with Crippen LogP contribution in [-0.2, 0) is 26.2 Å². The molecule has 0 aliphatic rings. The number of aryl methyl sites for hydroxylation is 4. The predicted octanol–water partition coefficient (Wildman–Crippen LogP) is 3.91. The monoisotopic (exact) mass is 845 g/mol. The summed E-state index contributed by atoms with van der Waals surface area (Å²) in [5.41, 5.74) is 6.51. The molecule has 3 amide bonds. The number of primary amides is 1. The number of carbonyl (C=O) groups excluding carboxylic acids is 4. The van der Waals surface area contributed by atoms with E-state index in [9.17, 15) is 29.4 Å². The summed E-state index contributed by atoms with van der Waals surface area (Å²) in [7, 11) is 0. The largest absolute Gasteiger partial charge is 0.491 e. The lowest BCUT2D eigenvalue weighted by atomic mass is 10.1. The average Bonchev–Trinajstić information content (AvgIpc) is 3.95. The third-order valence-electron chi connectivity index (χ3n) is 9.51. The number of aliphatic hydroxyl groups is 2.